The monoisotopic (exact) mass is 1070 g/mol. The van der Waals surface area contributed by atoms with E-state index in [-0.39, 0.29) is 72.0 Å². The number of aliphatic hydroxyl groups excluding tert-OH is 2. The average molecular weight is 1070 g/mol. The molecule has 5 heterocycles. The lowest BCUT2D eigenvalue weighted by atomic mass is 9.51. The van der Waals surface area contributed by atoms with E-state index in [4.69, 9.17) is 18.9 Å². The van der Waals surface area contributed by atoms with Crippen LogP contribution in [-0.2, 0) is 57.5 Å². The molecule has 4 aliphatic heterocycles. The number of ether oxygens (including phenoxy) is 4. The molecule has 6 unspecified atom stereocenters. The van der Waals surface area contributed by atoms with Gasteiger partial charge >= 0.3 is 0 Å². The first-order valence-electron chi connectivity index (χ1n) is 28.8. The van der Waals surface area contributed by atoms with Gasteiger partial charge < -0.3 is 54.4 Å². The molecule has 12 rings (SSSR count). The second kappa shape index (κ2) is 22.9. The summed E-state index contributed by atoms with van der Waals surface area (Å²) in [5.41, 5.74) is 11.1. The first-order chi connectivity index (χ1) is 38.6. The number of hydrogen-bond acceptors (Lipinski definition) is 11. The van der Waals surface area contributed by atoms with Gasteiger partial charge in [0.1, 0.15) is 30.1 Å². The Morgan fingerprint density at radius 2 is 1.71 bits per heavy atom. The van der Waals surface area contributed by atoms with Gasteiger partial charge in [-0.2, -0.15) is 0 Å². The minimum atomic E-state index is -0.700. The van der Waals surface area contributed by atoms with Crippen LogP contribution in [0.1, 0.15) is 127 Å². The Kier molecular flexibility index (Phi) is 15.4. The highest BCUT2D eigenvalue weighted by molar-refractivity contribution is 5.89. The van der Waals surface area contributed by atoms with Crippen molar-refractivity contribution in [1.29, 1.82) is 0 Å². The van der Waals surface area contributed by atoms with Crippen molar-refractivity contribution < 1.29 is 44.5 Å². The van der Waals surface area contributed by atoms with Gasteiger partial charge in [0.25, 0.3) is 0 Å². The standard InChI is InChI=1S/C67H75N3O9/c1-76-42-68-64-33-47-18-16-43(14-15-44-17-21-61(74)48(26-44)27-45-9-6-10-54(72)28-45)8-7-11-56-34-55(73)20-19-46-32-63(62(75)31-50(46)38-71)79-39-51-30-52(29-49-36-70(37-57(49)51)65(69-64)58(47)41-78-56)67-24-25-77-40-53(67)35-66(22-4-5-23-66)59-12-2-3-13-60(59)67/h2-3,6,9-10,12-13,17,21,26,28-33,36-37,43,53,55-56,64,68-69,71-75H,4-5,7-8,11,14-15,19-20,22-25,27,34-35,38-42H2,1H3. The minimum absolute atomic E-state index is 0.0369. The normalized spacial score (nSPS) is 24.7. The summed E-state index contributed by atoms with van der Waals surface area (Å²) in [6, 6.07) is 30.5. The number of rotatable bonds is 10. The average Bonchev–Trinajstić information content (AvgIpc) is 4.16. The van der Waals surface area contributed by atoms with Crippen LogP contribution >= 0.6 is 0 Å². The predicted molar refractivity (Wildman–Crippen MR) is 306 cm³/mol. The highest BCUT2D eigenvalue weighted by Crippen LogP contribution is 2.60. The van der Waals surface area contributed by atoms with Crippen LogP contribution in [0.15, 0.2) is 121 Å². The fourth-order valence-corrected chi connectivity index (χ4v) is 14.4. The Labute approximate surface area is 464 Å². The third kappa shape index (κ3) is 10.8. The molecule has 5 aromatic carbocycles. The third-order valence-electron chi connectivity index (χ3n) is 18.4. The van der Waals surface area contributed by atoms with Crippen molar-refractivity contribution >= 4 is 16.6 Å². The SMILES string of the molecule is COCNC1C=C2C#CC(CCc3ccc(O)c(Cc4cccc(O)c4)c3)CCCC3CC(O)CCc4cc(c(O)cc4CO)OCc4cc(C56CCOCC5CC5(CCCC5)c5ccccc56)cc5cn(cc45)C(=C2CO3)N1. The number of hydrogen-bond donors (Lipinski definition) is 7. The Balaban J connectivity index is 0.976. The summed E-state index contributed by atoms with van der Waals surface area (Å²) >= 11 is 0. The summed E-state index contributed by atoms with van der Waals surface area (Å²) in [4.78, 5) is 0. The Morgan fingerprint density at radius 1 is 0.835 bits per heavy atom. The topological polar surface area (TPSA) is 167 Å². The zero-order chi connectivity index (χ0) is 54.1. The predicted octanol–water partition coefficient (Wildman–Crippen LogP) is 10.7. The smallest absolute Gasteiger partial charge is 0.161 e. The molecular formula is C67H75N3O9. The van der Waals surface area contributed by atoms with Crippen molar-refractivity contribution in [3.05, 3.63) is 171 Å². The quantitative estimate of drug-likeness (QED) is 0.0515. The van der Waals surface area contributed by atoms with Gasteiger partial charge in [-0.25, -0.2) is 0 Å². The van der Waals surface area contributed by atoms with Crippen molar-refractivity contribution in [1.82, 2.24) is 15.2 Å². The fourth-order valence-electron chi connectivity index (χ4n) is 14.4. The molecular weight excluding hydrogens is 991 g/mol. The second-order valence-corrected chi connectivity index (χ2v) is 23.3. The van der Waals surface area contributed by atoms with Crippen LogP contribution in [0.5, 0.6) is 23.0 Å². The molecule has 2 fully saturated rings. The van der Waals surface area contributed by atoms with E-state index < -0.39 is 6.10 Å². The van der Waals surface area contributed by atoms with Gasteiger partial charge in [0, 0.05) is 65.8 Å². The molecule has 79 heavy (non-hydrogen) atoms. The maximum absolute atomic E-state index is 11.8. The van der Waals surface area contributed by atoms with E-state index in [0.717, 1.165) is 101 Å². The van der Waals surface area contributed by atoms with E-state index in [2.05, 4.69) is 88.0 Å². The number of aliphatic hydroxyl groups is 2. The molecule has 0 radical (unpaired) electrons. The molecule has 2 aliphatic carbocycles. The van der Waals surface area contributed by atoms with Gasteiger partial charge in [0.15, 0.2) is 11.5 Å². The van der Waals surface area contributed by atoms with Crippen LogP contribution in [0.25, 0.3) is 16.6 Å². The van der Waals surface area contributed by atoms with Crippen LogP contribution in [0.3, 0.4) is 0 Å². The molecule has 7 N–H and O–H groups in total. The molecule has 412 valence electrons. The maximum Gasteiger partial charge on any atom is 0.161 e. The number of aromatic nitrogens is 1. The number of aryl methyl sites for hydroxylation is 2. The number of phenols is 3. The van der Waals surface area contributed by atoms with Gasteiger partial charge in [0.05, 0.1) is 38.8 Å². The Bertz CT molecular complexity index is 3340. The molecule has 1 saturated heterocycles. The molecule has 6 bridgehead atoms. The van der Waals surface area contributed by atoms with E-state index in [1.165, 1.54) is 42.4 Å². The number of fused-ring (bicyclic) bond motifs is 10. The summed E-state index contributed by atoms with van der Waals surface area (Å²) < 4.78 is 28.0. The van der Waals surface area contributed by atoms with Crippen LogP contribution < -0.4 is 15.4 Å². The lowest BCUT2D eigenvalue weighted by molar-refractivity contribution is -0.00873. The molecule has 12 nitrogen and oxygen atoms in total. The van der Waals surface area contributed by atoms with E-state index in [1.807, 2.05) is 24.3 Å². The molecule has 6 aromatic rings. The lowest BCUT2D eigenvalue weighted by Crippen LogP contribution is -2.51. The summed E-state index contributed by atoms with van der Waals surface area (Å²) in [7, 11) is 1.68. The van der Waals surface area contributed by atoms with Gasteiger partial charge in [-0.3, -0.25) is 5.32 Å². The minimum Gasteiger partial charge on any atom is -0.508 e. The van der Waals surface area contributed by atoms with Gasteiger partial charge in [-0.15, -0.1) is 0 Å². The first-order valence-corrected chi connectivity index (χ1v) is 28.8. The van der Waals surface area contributed by atoms with Crippen molar-refractivity contribution in [2.45, 2.75) is 139 Å². The van der Waals surface area contributed by atoms with Crippen LogP contribution in [0.2, 0.25) is 0 Å². The Morgan fingerprint density at radius 3 is 2.56 bits per heavy atom. The third-order valence-corrected chi connectivity index (χ3v) is 18.4. The Hall–Kier alpha value is -6.56. The number of phenolic OH excluding ortho intramolecular Hbond substituents is 3. The lowest BCUT2D eigenvalue weighted by Gasteiger charge is -2.54. The largest absolute Gasteiger partial charge is 0.508 e. The molecule has 0 amide bonds. The van der Waals surface area contributed by atoms with Crippen LogP contribution in [0.4, 0.5) is 0 Å². The number of dihydropyridines is 1. The van der Waals surface area contributed by atoms with Gasteiger partial charge in [0.2, 0.25) is 0 Å². The van der Waals surface area contributed by atoms with E-state index >= 15 is 0 Å². The van der Waals surface area contributed by atoms with Crippen molar-refractivity contribution in [2.75, 3.05) is 33.7 Å². The van der Waals surface area contributed by atoms with Gasteiger partial charge in [-0.05, 0) is 181 Å². The molecule has 1 saturated carbocycles. The number of methoxy groups -OCH3 is 1. The van der Waals surface area contributed by atoms with Gasteiger partial charge in [-0.1, -0.05) is 79.3 Å². The highest BCUT2D eigenvalue weighted by atomic mass is 16.5. The zero-order valence-corrected chi connectivity index (χ0v) is 45.4. The first kappa shape index (κ1) is 53.1. The van der Waals surface area contributed by atoms with Crippen LogP contribution in [-0.4, -0.2) is 82.1 Å². The van der Waals surface area contributed by atoms with Crippen molar-refractivity contribution in [3.63, 3.8) is 0 Å². The molecule has 12 heteroatoms. The zero-order valence-electron chi connectivity index (χ0n) is 45.4. The van der Waals surface area contributed by atoms with Crippen LogP contribution in [0, 0.1) is 23.7 Å². The second-order valence-electron chi connectivity index (χ2n) is 23.3. The highest BCUT2D eigenvalue weighted by Gasteiger charge is 2.55. The number of aromatic hydroxyl groups is 3. The van der Waals surface area contributed by atoms with Crippen molar-refractivity contribution in [3.8, 4) is 34.8 Å². The fraction of sp³-hybridized carbons (Fsp3) is 0.433. The van der Waals surface area contributed by atoms with E-state index in [1.54, 1.807) is 31.4 Å². The molecule has 6 atom stereocenters. The molecule has 1 spiro atoms. The summed E-state index contributed by atoms with van der Waals surface area (Å²) in [5.74, 6) is 9.36. The number of nitrogens with one attached hydrogen (secondary N) is 2. The summed E-state index contributed by atoms with van der Waals surface area (Å²) in [6.45, 7) is 1.85. The molecule has 1 aromatic heterocycles. The van der Waals surface area contributed by atoms with Crippen molar-refractivity contribution in [2.24, 2.45) is 11.8 Å². The number of nitrogens with zero attached hydrogens (tertiary/aromatic N) is 1. The molecule has 6 aliphatic rings. The van der Waals surface area contributed by atoms with E-state index in [0.29, 0.717) is 56.9 Å². The summed E-state index contributed by atoms with van der Waals surface area (Å²) in [5, 5.41) is 64.4. The van der Waals surface area contributed by atoms with E-state index in [9.17, 15) is 25.5 Å². The number of benzene rings is 5. The summed E-state index contributed by atoms with van der Waals surface area (Å²) in [6.07, 6.45) is 17.9. The maximum atomic E-state index is 11.8.